The number of Topliss-reactive ketones (excluding diaryl/α,β-unsaturated/α-hetero) is 1. The van der Waals surface area contributed by atoms with Gasteiger partial charge >= 0.3 is 0 Å². The average Bonchev–Trinajstić information content (AvgIpc) is 3.50. The molecule has 8 nitrogen and oxygen atoms in total. The largest absolute Gasteiger partial charge is 0.306 e. The zero-order valence-corrected chi connectivity index (χ0v) is 19.3. The summed E-state index contributed by atoms with van der Waals surface area (Å²) in [6, 6.07) is 6.82. The molecule has 0 atom stereocenters. The molecule has 0 unspecified atom stereocenters. The molecule has 0 amide bonds. The lowest BCUT2D eigenvalue weighted by atomic mass is 10.1. The molecule has 3 aromatic heterocycles. The Morgan fingerprint density at radius 1 is 1.06 bits per heavy atom. The Bertz CT molecular complexity index is 1280. The van der Waals surface area contributed by atoms with Gasteiger partial charge in [0.05, 0.1) is 35.9 Å². The van der Waals surface area contributed by atoms with E-state index in [2.05, 4.69) is 55.1 Å². The summed E-state index contributed by atoms with van der Waals surface area (Å²) in [7, 11) is 2.17. The van der Waals surface area contributed by atoms with Crippen molar-refractivity contribution in [1.29, 1.82) is 0 Å². The Morgan fingerprint density at radius 2 is 1.88 bits per heavy atom. The van der Waals surface area contributed by atoms with Crippen LogP contribution in [0.3, 0.4) is 0 Å². The van der Waals surface area contributed by atoms with E-state index in [0.29, 0.717) is 17.4 Å². The predicted molar refractivity (Wildman–Crippen MR) is 127 cm³/mol. The number of rotatable bonds is 6. The molecular weight excluding hydrogens is 414 g/mol. The van der Waals surface area contributed by atoms with Crippen LogP contribution < -0.4 is 0 Å². The molecule has 1 aromatic carbocycles. The highest BCUT2D eigenvalue weighted by molar-refractivity contribution is 5.97. The van der Waals surface area contributed by atoms with E-state index in [4.69, 9.17) is 0 Å². The first-order valence-corrected chi connectivity index (χ1v) is 11.5. The molecule has 1 aliphatic rings. The van der Waals surface area contributed by atoms with Crippen molar-refractivity contribution in [2.45, 2.75) is 45.2 Å². The zero-order valence-electron chi connectivity index (χ0n) is 19.3. The van der Waals surface area contributed by atoms with E-state index in [-0.39, 0.29) is 18.2 Å². The van der Waals surface area contributed by atoms with Crippen molar-refractivity contribution < 1.29 is 4.79 Å². The van der Waals surface area contributed by atoms with Crippen LogP contribution in [0.5, 0.6) is 0 Å². The first-order valence-electron chi connectivity index (χ1n) is 11.5. The van der Waals surface area contributed by atoms with Crippen molar-refractivity contribution in [2.75, 3.05) is 20.1 Å². The van der Waals surface area contributed by atoms with Crippen molar-refractivity contribution in [1.82, 2.24) is 34.4 Å². The van der Waals surface area contributed by atoms with Gasteiger partial charge in [-0.2, -0.15) is 10.2 Å². The summed E-state index contributed by atoms with van der Waals surface area (Å²) in [5.74, 6) is 0.487. The van der Waals surface area contributed by atoms with Gasteiger partial charge < -0.3 is 4.90 Å². The molecule has 4 aromatic rings. The van der Waals surface area contributed by atoms with Gasteiger partial charge in [-0.3, -0.25) is 14.2 Å². The topological polar surface area (TPSA) is 81.7 Å². The summed E-state index contributed by atoms with van der Waals surface area (Å²) >= 11 is 0. The smallest absolute Gasteiger partial charge is 0.173 e. The van der Waals surface area contributed by atoms with Crippen LogP contribution >= 0.6 is 0 Å². The van der Waals surface area contributed by atoms with Gasteiger partial charge in [0, 0.05) is 35.6 Å². The van der Waals surface area contributed by atoms with E-state index >= 15 is 0 Å². The van der Waals surface area contributed by atoms with Crippen molar-refractivity contribution in [3.63, 3.8) is 0 Å². The van der Waals surface area contributed by atoms with Crippen LogP contribution in [0.2, 0.25) is 0 Å². The van der Waals surface area contributed by atoms with Crippen LogP contribution in [-0.4, -0.2) is 60.3 Å². The molecule has 0 aliphatic carbocycles. The minimum Gasteiger partial charge on any atom is -0.306 e. The molecule has 1 fully saturated rings. The third kappa shape index (κ3) is 4.57. The minimum absolute atomic E-state index is 0.0307. The molecule has 5 rings (SSSR count). The Labute approximate surface area is 193 Å². The van der Waals surface area contributed by atoms with Gasteiger partial charge in [-0.1, -0.05) is 12.1 Å². The van der Waals surface area contributed by atoms with Crippen LogP contribution in [0.4, 0.5) is 0 Å². The van der Waals surface area contributed by atoms with Crippen LogP contribution in [0, 0.1) is 0 Å². The summed E-state index contributed by atoms with van der Waals surface area (Å²) in [4.78, 5) is 24.2. The van der Waals surface area contributed by atoms with E-state index in [9.17, 15) is 4.79 Å². The number of hydrogen-bond acceptors (Lipinski definition) is 6. The summed E-state index contributed by atoms with van der Waals surface area (Å²) in [6.45, 7) is 6.27. The molecule has 8 heteroatoms. The van der Waals surface area contributed by atoms with E-state index in [1.165, 1.54) is 0 Å². The Kier molecular flexibility index (Phi) is 5.76. The fourth-order valence-electron chi connectivity index (χ4n) is 4.28. The number of carbonyl (C=O) groups is 1. The van der Waals surface area contributed by atoms with E-state index in [0.717, 1.165) is 48.0 Å². The SMILES string of the molecule is CC(C)n1cc(C(=O)Cc2ncc3ccc(-c4cnn(C5CCN(C)CC5)c4)cc3n2)cn1. The van der Waals surface area contributed by atoms with Crippen LogP contribution in [0.1, 0.15) is 55.0 Å². The van der Waals surface area contributed by atoms with E-state index in [1.807, 2.05) is 26.1 Å². The Morgan fingerprint density at radius 3 is 2.64 bits per heavy atom. The maximum Gasteiger partial charge on any atom is 0.173 e. The lowest BCUT2D eigenvalue weighted by molar-refractivity contribution is 0.0991. The number of benzene rings is 1. The van der Waals surface area contributed by atoms with Crippen molar-refractivity contribution >= 4 is 16.7 Å². The molecule has 33 heavy (non-hydrogen) atoms. The third-order valence-corrected chi connectivity index (χ3v) is 6.40. The molecular formula is C25H29N7O. The lowest BCUT2D eigenvalue weighted by Crippen LogP contribution is -2.31. The Balaban J connectivity index is 1.35. The molecule has 1 saturated heterocycles. The summed E-state index contributed by atoms with van der Waals surface area (Å²) in [6.07, 6.45) is 11.6. The quantitative estimate of drug-likeness (QED) is 0.420. The van der Waals surface area contributed by atoms with Gasteiger partial charge in [-0.15, -0.1) is 0 Å². The highest BCUT2D eigenvalue weighted by Gasteiger charge is 2.19. The molecule has 0 saturated carbocycles. The van der Waals surface area contributed by atoms with Gasteiger partial charge in [-0.25, -0.2) is 9.97 Å². The molecule has 0 spiro atoms. The minimum atomic E-state index is -0.0307. The number of piperidine rings is 1. The third-order valence-electron chi connectivity index (χ3n) is 6.40. The lowest BCUT2D eigenvalue weighted by Gasteiger charge is -2.28. The number of aromatic nitrogens is 6. The number of carbonyl (C=O) groups excluding carboxylic acids is 1. The van der Waals surface area contributed by atoms with Gasteiger partial charge in [0.15, 0.2) is 5.78 Å². The second-order valence-corrected chi connectivity index (χ2v) is 9.21. The van der Waals surface area contributed by atoms with Gasteiger partial charge in [0.25, 0.3) is 0 Å². The molecule has 0 bridgehead atoms. The standard InChI is InChI=1S/C25H29N7O/c1-17(2)31-16-21(14-27-31)24(33)11-25-26-12-19-5-4-18(10-23(19)29-25)20-13-28-32(15-20)22-6-8-30(3)9-7-22/h4-5,10,12-17,22H,6-9,11H2,1-3H3. The van der Waals surface area contributed by atoms with Crippen LogP contribution in [0.15, 0.2) is 49.2 Å². The molecule has 0 N–H and O–H groups in total. The Hall–Kier alpha value is -3.39. The molecule has 170 valence electrons. The first kappa shape index (κ1) is 21.5. The summed E-state index contributed by atoms with van der Waals surface area (Å²) in [5.41, 5.74) is 3.56. The maximum absolute atomic E-state index is 12.7. The average molecular weight is 444 g/mol. The van der Waals surface area contributed by atoms with E-state index in [1.54, 1.807) is 23.3 Å². The van der Waals surface area contributed by atoms with Crippen molar-refractivity contribution in [3.8, 4) is 11.1 Å². The van der Waals surface area contributed by atoms with Crippen LogP contribution in [-0.2, 0) is 6.42 Å². The number of fused-ring (bicyclic) bond motifs is 1. The number of nitrogens with zero attached hydrogens (tertiary/aromatic N) is 7. The molecule has 0 radical (unpaired) electrons. The second kappa shape index (κ2) is 8.86. The highest BCUT2D eigenvalue weighted by atomic mass is 16.1. The van der Waals surface area contributed by atoms with Crippen molar-refractivity contribution in [3.05, 3.63) is 60.6 Å². The normalized spacial score (nSPS) is 15.5. The summed E-state index contributed by atoms with van der Waals surface area (Å²) < 4.78 is 3.89. The van der Waals surface area contributed by atoms with Gasteiger partial charge in [0.1, 0.15) is 5.82 Å². The highest BCUT2D eigenvalue weighted by Crippen LogP contribution is 2.27. The zero-order chi connectivity index (χ0) is 22.9. The fourth-order valence-corrected chi connectivity index (χ4v) is 4.28. The van der Waals surface area contributed by atoms with Crippen molar-refractivity contribution in [2.24, 2.45) is 0 Å². The number of likely N-dealkylation sites (tertiary alicyclic amines) is 1. The molecule has 1 aliphatic heterocycles. The van der Waals surface area contributed by atoms with Gasteiger partial charge in [-0.05, 0) is 58.5 Å². The molecule has 4 heterocycles. The number of hydrogen-bond donors (Lipinski definition) is 0. The first-order chi connectivity index (χ1) is 16.0. The van der Waals surface area contributed by atoms with Gasteiger partial charge in [0.2, 0.25) is 0 Å². The second-order valence-electron chi connectivity index (χ2n) is 9.21. The number of ketones is 1. The predicted octanol–water partition coefficient (Wildman–Crippen LogP) is 3.96. The summed E-state index contributed by atoms with van der Waals surface area (Å²) in [5, 5.41) is 9.85. The monoisotopic (exact) mass is 443 g/mol. The maximum atomic E-state index is 12.7. The fraction of sp³-hybridized carbons (Fsp3) is 0.400. The van der Waals surface area contributed by atoms with Crippen LogP contribution in [0.25, 0.3) is 22.0 Å². The van der Waals surface area contributed by atoms with E-state index < -0.39 is 0 Å².